The Bertz CT molecular complexity index is 996. The van der Waals surface area contributed by atoms with Gasteiger partial charge in [-0.15, -0.1) is 0 Å². The molecule has 1 aromatic carbocycles. The summed E-state index contributed by atoms with van der Waals surface area (Å²) in [5, 5.41) is 3.79. The van der Waals surface area contributed by atoms with Crippen molar-refractivity contribution in [3.05, 3.63) is 54.7 Å². The van der Waals surface area contributed by atoms with Crippen LogP contribution in [0.4, 0.5) is 0 Å². The third kappa shape index (κ3) is 5.10. The van der Waals surface area contributed by atoms with Crippen LogP contribution in [0.3, 0.4) is 0 Å². The van der Waals surface area contributed by atoms with Crippen molar-refractivity contribution in [1.29, 1.82) is 0 Å². The van der Waals surface area contributed by atoms with Crippen LogP contribution in [0.2, 0.25) is 0 Å². The number of ether oxygens (including phenoxy) is 1. The Labute approximate surface area is 182 Å². The summed E-state index contributed by atoms with van der Waals surface area (Å²) in [7, 11) is 0. The number of hydrogen-bond donors (Lipinski definition) is 1. The topological polar surface area (TPSA) is 88.6 Å². The zero-order valence-electron chi connectivity index (χ0n) is 18.3. The second-order valence-electron chi connectivity index (χ2n) is 8.77. The van der Waals surface area contributed by atoms with Crippen LogP contribution in [-0.2, 0) is 14.3 Å². The van der Waals surface area contributed by atoms with Gasteiger partial charge in [0.15, 0.2) is 0 Å². The van der Waals surface area contributed by atoms with Crippen LogP contribution >= 0.6 is 0 Å². The summed E-state index contributed by atoms with van der Waals surface area (Å²) in [4.78, 5) is 44.7. The van der Waals surface area contributed by atoms with Crippen molar-refractivity contribution in [3.8, 4) is 0 Å². The average molecular weight is 424 g/mol. The molecular weight excluding hydrogens is 394 g/mol. The number of carbonyl (C=O) groups excluding carboxylic acids is 3. The van der Waals surface area contributed by atoms with Gasteiger partial charge in [-0.3, -0.25) is 9.59 Å². The Morgan fingerprint density at radius 1 is 1.26 bits per heavy atom. The standard InChI is InChI=1S/C24H29N3O4/c1-5-15-31-23(30)19-11-8-14-27(19)22(29)20(24(2,3)4)26-21(28)18-13-12-16-9-6-7-10-17(16)25-18/h5-7,9-10,12-13,19-20H,1,8,11,14-15H2,2-4H3,(H,26,28)/t19-,20-/m1/s1. The predicted molar refractivity (Wildman–Crippen MR) is 118 cm³/mol. The lowest BCUT2D eigenvalue weighted by Crippen LogP contribution is -2.56. The molecule has 1 saturated heterocycles. The molecule has 0 radical (unpaired) electrons. The second kappa shape index (κ2) is 9.29. The van der Waals surface area contributed by atoms with Gasteiger partial charge in [0.05, 0.1) is 5.52 Å². The van der Waals surface area contributed by atoms with E-state index in [1.165, 1.54) is 11.0 Å². The fourth-order valence-electron chi connectivity index (χ4n) is 3.72. The SMILES string of the molecule is C=CCOC(=O)[C@H]1CCCN1C(=O)[C@@H](NC(=O)c1ccc2ccccc2n1)C(C)(C)C. The monoisotopic (exact) mass is 423 g/mol. The quantitative estimate of drug-likeness (QED) is 0.570. The number of amides is 2. The number of aromatic nitrogens is 1. The van der Waals surface area contributed by atoms with Crippen LogP contribution in [0.5, 0.6) is 0 Å². The summed E-state index contributed by atoms with van der Waals surface area (Å²) in [6.45, 7) is 9.73. The van der Waals surface area contributed by atoms with E-state index < -0.39 is 29.4 Å². The molecule has 0 bridgehead atoms. The van der Waals surface area contributed by atoms with E-state index in [1.54, 1.807) is 6.07 Å². The first-order valence-corrected chi connectivity index (χ1v) is 10.5. The molecule has 1 aliphatic rings. The van der Waals surface area contributed by atoms with Crippen LogP contribution in [-0.4, -0.2) is 52.9 Å². The van der Waals surface area contributed by atoms with E-state index in [-0.39, 0.29) is 18.2 Å². The zero-order valence-corrected chi connectivity index (χ0v) is 18.3. The molecule has 1 fully saturated rings. The first-order chi connectivity index (χ1) is 14.7. The number of likely N-dealkylation sites (tertiary alicyclic amines) is 1. The fourth-order valence-corrected chi connectivity index (χ4v) is 3.72. The second-order valence-corrected chi connectivity index (χ2v) is 8.77. The Kier molecular flexibility index (Phi) is 6.73. The number of hydrogen-bond acceptors (Lipinski definition) is 5. The minimum Gasteiger partial charge on any atom is -0.460 e. The van der Waals surface area contributed by atoms with Crippen molar-refractivity contribution < 1.29 is 19.1 Å². The van der Waals surface area contributed by atoms with Crippen molar-refractivity contribution in [1.82, 2.24) is 15.2 Å². The number of pyridine rings is 1. The van der Waals surface area contributed by atoms with Gasteiger partial charge in [-0.05, 0) is 30.4 Å². The number of rotatable bonds is 6. The summed E-state index contributed by atoms with van der Waals surface area (Å²) in [5.41, 5.74) is 0.379. The Morgan fingerprint density at radius 3 is 2.71 bits per heavy atom. The van der Waals surface area contributed by atoms with Gasteiger partial charge in [0.25, 0.3) is 5.91 Å². The molecule has 2 aromatic rings. The van der Waals surface area contributed by atoms with Crippen LogP contribution in [0.15, 0.2) is 49.1 Å². The molecule has 2 heterocycles. The number of carbonyl (C=O) groups is 3. The first-order valence-electron chi connectivity index (χ1n) is 10.5. The molecule has 0 saturated carbocycles. The number of fused-ring (bicyclic) bond motifs is 1. The van der Waals surface area contributed by atoms with Gasteiger partial charge in [0, 0.05) is 11.9 Å². The maximum absolute atomic E-state index is 13.4. The van der Waals surface area contributed by atoms with Gasteiger partial charge in [-0.2, -0.15) is 0 Å². The Morgan fingerprint density at radius 2 is 2.00 bits per heavy atom. The Hall–Kier alpha value is -3.22. The fraction of sp³-hybridized carbons (Fsp3) is 0.417. The van der Waals surface area contributed by atoms with Gasteiger partial charge in [0.1, 0.15) is 24.4 Å². The van der Waals surface area contributed by atoms with Crippen molar-refractivity contribution in [3.63, 3.8) is 0 Å². The summed E-state index contributed by atoms with van der Waals surface area (Å²) in [6, 6.07) is 9.54. The highest BCUT2D eigenvalue weighted by atomic mass is 16.5. The normalized spacial score (nSPS) is 17.3. The highest BCUT2D eigenvalue weighted by Gasteiger charge is 2.42. The number of benzene rings is 1. The maximum atomic E-state index is 13.4. The molecule has 1 aliphatic heterocycles. The summed E-state index contributed by atoms with van der Waals surface area (Å²) < 4.78 is 5.16. The van der Waals surface area contributed by atoms with E-state index in [0.29, 0.717) is 24.9 Å². The van der Waals surface area contributed by atoms with E-state index in [4.69, 9.17) is 4.74 Å². The van der Waals surface area contributed by atoms with Crippen LogP contribution in [0, 0.1) is 5.41 Å². The molecule has 2 amide bonds. The summed E-state index contributed by atoms with van der Waals surface area (Å²) in [5.74, 6) is -1.16. The number of nitrogens with one attached hydrogen (secondary N) is 1. The third-order valence-electron chi connectivity index (χ3n) is 5.37. The number of esters is 1. The molecule has 0 spiro atoms. The average Bonchev–Trinajstić information content (AvgIpc) is 3.24. The molecule has 0 unspecified atom stereocenters. The van der Waals surface area contributed by atoms with Crippen molar-refractivity contribution >= 4 is 28.7 Å². The number of nitrogens with zero attached hydrogens (tertiary/aromatic N) is 2. The van der Waals surface area contributed by atoms with Crippen molar-refractivity contribution in [2.75, 3.05) is 13.2 Å². The minimum absolute atomic E-state index is 0.102. The van der Waals surface area contributed by atoms with Gasteiger partial charge >= 0.3 is 5.97 Å². The largest absolute Gasteiger partial charge is 0.460 e. The molecule has 31 heavy (non-hydrogen) atoms. The molecule has 7 nitrogen and oxygen atoms in total. The van der Waals surface area contributed by atoms with Crippen LogP contribution < -0.4 is 5.32 Å². The summed E-state index contributed by atoms with van der Waals surface area (Å²) >= 11 is 0. The van der Waals surface area contributed by atoms with E-state index in [1.807, 2.05) is 51.1 Å². The molecule has 2 atom stereocenters. The first kappa shape index (κ1) is 22.5. The lowest BCUT2D eigenvalue weighted by Gasteiger charge is -2.35. The van der Waals surface area contributed by atoms with Gasteiger partial charge < -0.3 is 15.0 Å². The smallest absolute Gasteiger partial charge is 0.329 e. The highest BCUT2D eigenvalue weighted by Crippen LogP contribution is 2.26. The van der Waals surface area contributed by atoms with E-state index in [2.05, 4.69) is 16.9 Å². The lowest BCUT2D eigenvalue weighted by molar-refractivity contribution is -0.153. The van der Waals surface area contributed by atoms with Crippen LogP contribution in [0.1, 0.15) is 44.1 Å². The molecule has 3 rings (SSSR count). The van der Waals surface area contributed by atoms with E-state index in [0.717, 1.165) is 5.39 Å². The van der Waals surface area contributed by atoms with Crippen molar-refractivity contribution in [2.45, 2.75) is 45.7 Å². The molecule has 1 aromatic heterocycles. The predicted octanol–water partition coefficient (Wildman–Crippen LogP) is 3.10. The van der Waals surface area contributed by atoms with Gasteiger partial charge in [0.2, 0.25) is 5.91 Å². The summed E-state index contributed by atoms with van der Waals surface area (Å²) in [6.07, 6.45) is 2.74. The lowest BCUT2D eigenvalue weighted by atomic mass is 9.85. The Balaban J connectivity index is 1.80. The van der Waals surface area contributed by atoms with Crippen molar-refractivity contribution in [2.24, 2.45) is 5.41 Å². The molecule has 0 aliphatic carbocycles. The minimum atomic E-state index is -0.818. The van der Waals surface area contributed by atoms with E-state index in [9.17, 15) is 14.4 Å². The molecular formula is C24H29N3O4. The van der Waals surface area contributed by atoms with Gasteiger partial charge in [-0.1, -0.05) is 57.7 Å². The van der Waals surface area contributed by atoms with Crippen LogP contribution in [0.25, 0.3) is 10.9 Å². The van der Waals surface area contributed by atoms with Gasteiger partial charge in [-0.25, -0.2) is 9.78 Å². The number of para-hydroxylation sites is 1. The molecule has 7 heteroatoms. The maximum Gasteiger partial charge on any atom is 0.329 e. The highest BCUT2D eigenvalue weighted by molar-refractivity contribution is 5.98. The zero-order chi connectivity index (χ0) is 22.6. The molecule has 1 N–H and O–H groups in total. The van der Waals surface area contributed by atoms with E-state index >= 15 is 0 Å². The molecule has 164 valence electrons. The third-order valence-corrected chi connectivity index (χ3v) is 5.37.